The van der Waals surface area contributed by atoms with Crippen LogP contribution in [-0.4, -0.2) is 0 Å². The quantitative estimate of drug-likeness (QED) is 0.268. The van der Waals surface area contributed by atoms with Crippen molar-refractivity contribution in [2.45, 2.75) is 32.1 Å². The van der Waals surface area contributed by atoms with E-state index in [4.69, 9.17) is 0 Å². The van der Waals surface area contributed by atoms with Crippen LogP contribution < -0.4 is 37.2 Å². The van der Waals surface area contributed by atoms with Gasteiger partial charge in [0.15, 0.2) is 0 Å². The summed E-state index contributed by atoms with van der Waals surface area (Å²) in [5.41, 5.74) is 6.77. The molecule has 0 aromatic heterocycles. The van der Waals surface area contributed by atoms with Crippen LogP contribution in [0.5, 0.6) is 0 Å². The van der Waals surface area contributed by atoms with Crippen molar-refractivity contribution < 1.29 is 57.7 Å². The van der Waals surface area contributed by atoms with E-state index < -0.39 is 0 Å². The Kier molecular flexibility index (Phi) is 11.5. The molecule has 0 heterocycles. The summed E-state index contributed by atoms with van der Waals surface area (Å²) < 4.78 is 1.47. The third-order valence-corrected chi connectivity index (χ3v) is 7.25. The minimum absolute atomic E-state index is 0. The van der Waals surface area contributed by atoms with Gasteiger partial charge < -0.3 is 37.2 Å². The number of hydrogen-bond acceptors (Lipinski definition) is 0. The summed E-state index contributed by atoms with van der Waals surface area (Å²) in [6, 6.07) is 33.1. The second-order valence-corrected chi connectivity index (χ2v) is 8.66. The van der Waals surface area contributed by atoms with E-state index in [0.29, 0.717) is 5.92 Å². The third-order valence-electron chi connectivity index (χ3n) is 6.33. The van der Waals surface area contributed by atoms with E-state index in [1.54, 1.807) is 0 Å². The fourth-order valence-corrected chi connectivity index (χ4v) is 5.68. The standard InChI is InChI=1S/C28H27.3ClH.Ti/c1-3-22(2)23-19-20-27(21-23)28(24-13-7-4-8-14-24,25-15-9-5-10-16-25)26-17-11-6-12-18-26;;;;/h4-19,22H,3,20H2,1-2H3;3*1H;/q;;;;+3/p-3. The molecule has 32 heavy (non-hydrogen) atoms. The smallest absolute Gasteiger partial charge is 1.00 e. The van der Waals surface area contributed by atoms with E-state index in [2.05, 4.69) is 131 Å². The molecule has 0 aliphatic heterocycles. The third kappa shape index (κ3) is 5.11. The minimum Gasteiger partial charge on any atom is -1.00 e. The first-order chi connectivity index (χ1) is 14.2. The van der Waals surface area contributed by atoms with Gasteiger partial charge in [-0.15, -0.1) is 0 Å². The summed E-state index contributed by atoms with van der Waals surface area (Å²) in [6.07, 6.45) is 4.65. The summed E-state index contributed by atoms with van der Waals surface area (Å²) in [6.45, 7) is 4.64. The van der Waals surface area contributed by atoms with Crippen LogP contribution in [-0.2, 0) is 25.9 Å². The molecular formula is C28H27Cl3Ti. The van der Waals surface area contributed by atoms with Crippen LogP contribution in [0.25, 0.3) is 0 Å². The van der Waals surface area contributed by atoms with Crippen molar-refractivity contribution in [3.05, 3.63) is 129 Å². The first-order valence-electron chi connectivity index (χ1n) is 10.5. The molecule has 1 aliphatic rings. The summed E-state index contributed by atoms with van der Waals surface area (Å²) in [4.78, 5) is 0. The van der Waals surface area contributed by atoms with E-state index in [0.717, 1.165) is 6.42 Å². The van der Waals surface area contributed by atoms with Gasteiger partial charge in [0.05, 0.1) is 0 Å². The van der Waals surface area contributed by atoms with Crippen molar-refractivity contribution in [1.82, 2.24) is 0 Å². The van der Waals surface area contributed by atoms with Gasteiger partial charge in [0.25, 0.3) is 0 Å². The summed E-state index contributed by atoms with van der Waals surface area (Å²) in [7, 11) is 0. The van der Waals surface area contributed by atoms with Gasteiger partial charge in [0, 0.05) is 0 Å². The van der Waals surface area contributed by atoms with Crippen molar-refractivity contribution in [2.24, 2.45) is 5.92 Å². The second-order valence-electron chi connectivity index (χ2n) is 7.87. The molecule has 1 aliphatic carbocycles. The van der Waals surface area contributed by atoms with E-state index in [1.807, 2.05) is 0 Å². The van der Waals surface area contributed by atoms with E-state index in [1.165, 1.54) is 38.1 Å². The van der Waals surface area contributed by atoms with Crippen LogP contribution >= 0.6 is 0 Å². The molecule has 0 amide bonds. The van der Waals surface area contributed by atoms with Crippen LogP contribution in [0.1, 0.15) is 43.4 Å². The number of allylic oxidation sites excluding steroid dienone is 4. The molecule has 164 valence electrons. The molecule has 0 N–H and O–H groups in total. The SMILES string of the molecule is CCC(C)C1=CCC(C(c2ccccc2)(c2ccccc2)c2ccccc2)=[C]1[Ti+3].[Cl-].[Cl-].[Cl-]. The second kappa shape index (κ2) is 12.8. The Hall–Kier alpha value is -1.28. The van der Waals surface area contributed by atoms with Crippen molar-refractivity contribution in [1.29, 1.82) is 0 Å². The predicted molar refractivity (Wildman–Crippen MR) is 118 cm³/mol. The van der Waals surface area contributed by atoms with Crippen molar-refractivity contribution in [2.75, 3.05) is 0 Å². The Morgan fingerprint density at radius 2 is 1.09 bits per heavy atom. The largest absolute Gasteiger partial charge is 1.00 e. The van der Waals surface area contributed by atoms with Crippen LogP contribution in [0, 0.1) is 5.92 Å². The number of hydrogen-bond donors (Lipinski definition) is 0. The maximum absolute atomic E-state index is 2.47. The fraction of sp³-hybridized carbons (Fsp3) is 0.214. The zero-order valence-corrected chi connectivity index (χ0v) is 22.2. The zero-order valence-electron chi connectivity index (χ0n) is 18.4. The molecule has 1 unspecified atom stereocenters. The molecular weight excluding hydrogens is 491 g/mol. The van der Waals surface area contributed by atoms with Crippen LogP contribution in [0.4, 0.5) is 0 Å². The maximum atomic E-state index is 2.47. The van der Waals surface area contributed by atoms with Crippen LogP contribution in [0.15, 0.2) is 112 Å². The van der Waals surface area contributed by atoms with Gasteiger partial charge >= 0.3 is 187 Å². The van der Waals surface area contributed by atoms with Gasteiger partial charge in [-0.25, -0.2) is 0 Å². The Morgan fingerprint density at radius 3 is 1.44 bits per heavy atom. The molecule has 0 fully saturated rings. The predicted octanol–water partition coefficient (Wildman–Crippen LogP) is -1.79. The first-order valence-corrected chi connectivity index (χ1v) is 11.3. The molecule has 4 rings (SSSR count). The summed E-state index contributed by atoms with van der Waals surface area (Å²) >= 11 is 2.34. The Labute approximate surface area is 223 Å². The van der Waals surface area contributed by atoms with Gasteiger partial charge in [-0.3, -0.25) is 0 Å². The molecule has 3 aromatic rings. The fourth-order valence-electron chi connectivity index (χ4n) is 4.69. The molecule has 0 saturated carbocycles. The number of halogens is 3. The van der Waals surface area contributed by atoms with Gasteiger partial charge in [-0.1, -0.05) is 0 Å². The molecule has 0 spiro atoms. The molecule has 1 atom stereocenters. The monoisotopic (exact) mass is 516 g/mol. The van der Waals surface area contributed by atoms with E-state index in [9.17, 15) is 0 Å². The Balaban J connectivity index is 0.00000171. The van der Waals surface area contributed by atoms with Gasteiger partial charge in [-0.2, -0.15) is 0 Å². The first kappa shape index (κ1) is 28.8. The summed E-state index contributed by atoms with van der Waals surface area (Å²) in [5.74, 6) is 0.590. The van der Waals surface area contributed by atoms with Gasteiger partial charge in [-0.05, 0) is 0 Å². The van der Waals surface area contributed by atoms with Crippen molar-refractivity contribution in [3.8, 4) is 0 Å². The molecule has 3 aromatic carbocycles. The maximum Gasteiger partial charge on any atom is -1.00 e. The van der Waals surface area contributed by atoms with E-state index >= 15 is 0 Å². The van der Waals surface area contributed by atoms with E-state index in [-0.39, 0.29) is 42.6 Å². The zero-order chi connectivity index (χ0) is 20.3. The number of benzene rings is 3. The summed E-state index contributed by atoms with van der Waals surface area (Å²) in [5, 5.41) is 0. The topological polar surface area (TPSA) is 0 Å². The average molecular weight is 518 g/mol. The molecule has 4 heteroatoms. The normalized spacial score (nSPS) is 13.9. The van der Waals surface area contributed by atoms with Crippen molar-refractivity contribution in [3.63, 3.8) is 0 Å². The minimum atomic E-state index is -0.278. The van der Waals surface area contributed by atoms with Crippen LogP contribution in [0.3, 0.4) is 0 Å². The Bertz CT molecular complexity index is 931. The van der Waals surface area contributed by atoms with Gasteiger partial charge in [0.2, 0.25) is 0 Å². The average Bonchev–Trinajstić information content (AvgIpc) is 3.18. The molecule has 0 saturated heterocycles. The Morgan fingerprint density at radius 1 is 0.719 bits per heavy atom. The molecule has 0 bridgehead atoms. The van der Waals surface area contributed by atoms with Crippen molar-refractivity contribution >= 4 is 0 Å². The van der Waals surface area contributed by atoms with Crippen LogP contribution in [0.2, 0.25) is 0 Å². The number of rotatable bonds is 6. The van der Waals surface area contributed by atoms with Gasteiger partial charge in [0.1, 0.15) is 0 Å². The molecule has 0 radical (unpaired) electrons. The molecule has 0 nitrogen and oxygen atoms in total.